The van der Waals surface area contributed by atoms with Crippen molar-refractivity contribution in [1.29, 1.82) is 0 Å². The average molecular weight is 388 g/mol. The Morgan fingerprint density at radius 2 is 2.04 bits per heavy atom. The van der Waals surface area contributed by atoms with Crippen LogP contribution in [0, 0.1) is 0 Å². The standard InChI is InChI=1S/C18H25AsN4O/c1-4-7-14(20)18(24)23(17-8-5-6-11-22-17)16-10-9-13(19(2)3)12-15(16)21/h5-6,8-12,14H,4,7,20-21H2,1-3H3. The fourth-order valence-corrected chi connectivity index (χ4v) is 4.08. The molecule has 1 atom stereocenters. The van der Waals surface area contributed by atoms with Crippen molar-refractivity contribution >= 4 is 42.1 Å². The van der Waals surface area contributed by atoms with Gasteiger partial charge in [0.1, 0.15) is 0 Å². The van der Waals surface area contributed by atoms with Gasteiger partial charge in [-0.3, -0.25) is 0 Å². The van der Waals surface area contributed by atoms with Gasteiger partial charge in [0.25, 0.3) is 0 Å². The molecule has 0 bridgehead atoms. The molecule has 0 radical (unpaired) electrons. The summed E-state index contributed by atoms with van der Waals surface area (Å²) in [4.78, 5) is 18.8. The van der Waals surface area contributed by atoms with Crippen LogP contribution in [0.3, 0.4) is 0 Å². The van der Waals surface area contributed by atoms with E-state index in [1.807, 2.05) is 31.2 Å². The number of amides is 1. The summed E-state index contributed by atoms with van der Waals surface area (Å²) in [7, 11) is 0. The molecular formula is C18H25AsN4O. The fraction of sp³-hybridized carbons (Fsp3) is 0.333. The molecule has 6 heteroatoms. The maximum absolute atomic E-state index is 12.9. The van der Waals surface area contributed by atoms with E-state index >= 15 is 0 Å². The van der Waals surface area contributed by atoms with Crippen molar-refractivity contribution in [2.45, 2.75) is 37.2 Å². The normalized spacial score (nSPS) is 12.2. The first-order valence-electron chi connectivity index (χ1n) is 8.03. The van der Waals surface area contributed by atoms with Crippen molar-refractivity contribution in [2.75, 3.05) is 10.6 Å². The van der Waals surface area contributed by atoms with Crippen LogP contribution in [0.2, 0.25) is 11.4 Å². The Morgan fingerprint density at radius 1 is 1.29 bits per heavy atom. The summed E-state index contributed by atoms with van der Waals surface area (Å²) in [6.45, 7) is 2.01. The molecule has 0 spiro atoms. The first-order valence-corrected chi connectivity index (χ1v) is 12.7. The predicted molar refractivity (Wildman–Crippen MR) is 102 cm³/mol. The number of nitrogens with two attached hydrogens (primary N) is 2. The third-order valence-electron chi connectivity index (χ3n) is 3.78. The first-order chi connectivity index (χ1) is 11.5. The summed E-state index contributed by atoms with van der Waals surface area (Å²) in [6, 6.07) is 10.8. The van der Waals surface area contributed by atoms with Crippen LogP contribution in [-0.4, -0.2) is 31.6 Å². The molecule has 4 N–H and O–H groups in total. The minimum absolute atomic E-state index is 0.183. The summed E-state index contributed by atoms with van der Waals surface area (Å²) in [6.07, 6.45) is 3.13. The Balaban J connectivity index is 2.49. The van der Waals surface area contributed by atoms with Crippen molar-refractivity contribution in [1.82, 2.24) is 4.98 Å². The fourth-order valence-electron chi connectivity index (χ4n) is 2.47. The molecule has 128 valence electrons. The molecule has 0 fully saturated rings. The Kier molecular flexibility index (Phi) is 6.41. The number of nitrogens with zero attached hydrogens (tertiary/aromatic N) is 2. The molecule has 1 amide bonds. The number of anilines is 3. The number of benzene rings is 1. The molecule has 1 heterocycles. The van der Waals surface area contributed by atoms with E-state index in [1.165, 1.54) is 4.35 Å². The quantitative estimate of drug-likeness (QED) is 0.588. The van der Waals surface area contributed by atoms with Gasteiger partial charge in [0.05, 0.1) is 0 Å². The second kappa shape index (κ2) is 8.31. The summed E-state index contributed by atoms with van der Waals surface area (Å²) in [5, 5.41) is 0. The maximum atomic E-state index is 12.9. The second-order valence-electron chi connectivity index (χ2n) is 5.89. The van der Waals surface area contributed by atoms with E-state index in [2.05, 4.69) is 22.5 Å². The van der Waals surface area contributed by atoms with Crippen LogP contribution in [-0.2, 0) is 4.79 Å². The molecule has 24 heavy (non-hydrogen) atoms. The zero-order chi connectivity index (χ0) is 17.7. The van der Waals surface area contributed by atoms with Crippen molar-refractivity contribution in [3.8, 4) is 0 Å². The second-order valence-corrected chi connectivity index (χ2v) is 10.7. The molecule has 0 aliphatic rings. The van der Waals surface area contributed by atoms with Gasteiger partial charge in [-0.2, -0.15) is 0 Å². The van der Waals surface area contributed by atoms with Crippen LogP contribution in [0.5, 0.6) is 0 Å². The number of hydrogen-bond acceptors (Lipinski definition) is 4. The molecule has 0 aliphatic heterocycles. The summed E-state index contributed by atoms with van der Waals surface area (Å²) in [5.41, 5.74) is 18.1. The van der Waals surface area contributed by atoms with Gasteiger partial charge in [0.15, 0.2) is 0 Å². The van der Waals surface area contributed by atoms with Crippen LogP contribution in [0.15, 0.2) is 42.6 Å². The minimum atomic E-state index is -1.03. The Morgan fingerprint density at radius 3 is 2.58 bits per heavy atom. The molecule has 0 saturated carbocycles. The zero-order valence-corrected chi connectivity index (χ0v) is 16.3. The van der Waals surface area contributed by atoms with Gasteiger partial charge in [-0.15, -0.1) is 0 Å². The topological polar surface area (TPSA) is 85.2 Å². The van der Waals surface area contributed by atoms with E-state index in [0.717, 1.165) is 6.42 Å². The Labute approximate surface area is 148 Å². The van der Waals surface area contributed by atoms with Crippen LogP contribution < -0.4 is 20.7 Å². The van der Waals surface area contributed by atoms with E-state index < -0.39 is 20.7 Å². The number of aromatic nitrogens is 1. The van der Waals surface area contributed by atoms with Crippen LogP contribution in [0.4, 0.5) is 17.2 Å². The molecule has 2 rings (SSSR count). The predicted octanol–water partition coefficient (Wildman–Crippen LogP) is 2.42. The number of pyridine rings is 1. The molecule has 1 aromatic carbocycles. The van der Waals surface area contributed by atoms with Crippen LogP contribution >= 0.6 is 0 Å². The van der Waals surface area contributed by atoms with E-state index in [0.29, 0.717) is 23.6 Å². The number of carbonyl (C=O) groups excluding carboxylic acids is 1. The molecule has 0 aliphatic carbocycles. The number of hydrogen-bond donors (Lipinski definition) is 2. The SMILES string of the molecule is CCCC(N)C(=O)N(c1ccccn1)c1ccc([As](C)C)cc1N. The molecular weight excluding hydrogens is 363 g/mol. The number of nitrogen functional groups attached to an aromatic ring is 1. The summed E-state index contributed by atoms with van der Waals surface area (Å²) < 4.78 is 1.27. The number of carbonyl (C=O) groups is 1. The summed E-state index contributed by atoms with van der Waals surface area (Å²) in [5.74, 6) is 0.355. The zero-order valence-electron chi connectivity index (χ0n) is 14.4. The third kappa shape index (κ3) is 4.16. The van der Waals surface area contributed by atoms with E-state index in [-0.39, 0.29) is 5.91 Å². The van der Waals surface area contributed by atoms with E-state index in [4.69, 9.17) is 11.5 Å². The van der Waals surface area contributed by atoms with E-state index in [9.17, 15) is 4.79 Å². The van der Waals surface area contributed by atoms with Crippen molar-refractivity contribution in [3.05, 3.63) is 42.6 Å². The van der Waals surface area contributed by atoms with Crippen LogP contribution in [0.25, 0.3) is 0 Å². The third-order valence-corrected chi connectivity index (χ3v) is 6.53. The van der Waals surface area contributed by atoms with Crippen molar-refractivity contribution in [2.24, 2.45) is 5.73 Å². The van der Waals surface area contributed by atoms with Crippen molar-refractivity contribution in [3.63, 3.8) is 0 Å². The van der Waals surface area contributed by atoms with Gasteiger partial charge >= 0.3 is 148 Å². The molecule has 2 aromatic rings. The number of rotatable bonds is 6. The Hall–Kier alpha value is -1.84. The van der Waals surface area contributed by atoms with Gasteiger partial charge in [-0.1, -0.05) is 0 Å². The molecule has 5 nitrogen and oxygen atoms in total. The van der Waals surface area contributed by atoms with E-state index in [1.54, 1.807) is 17.2 Å². The van der Waals surface area contributed by atoms with Crippen LogP contribution in [0.1, 0.15) is 19.8 Å². The molecule has 0 saturated heterocycles. The monoisotopic (exact) mass is 388 g/mol. The van der Waals surface area contributed by atoms with Crippen molar-refractivity contribution < 1.29 is 4.79 Å². The van der Waals surface area contributed by atoms with Gasteiger partial charge in [0.2, 0.25) is 0 Å². The average Bonchev–Trinajstić information content (AvgIpc) is 2.57. The van der Waals surface area contributed by atoms with Gasteiger partial charge in [0, 0.05) is 0 Å². The molecule has 1 unspecified atom stereocenters. The van der Waals surface area contributed by atoms with Gasteiger partial charge in [-0.05, 0) is 0 Å². The molecule has 1 aromatic heterocycles. The summed E-state index contributed by atoms with van der Waals surface area (Å²) >= 11 is -1.03. The van der Waals surface area contributed by atoms with Gasteiger partial charge in [-0.25, -0.2) is 0 Å². The van der Waals surface area contributed by atoms with Gasteiger partial charge < -0.3 is 0 Å². The Bertz CT molecular complexity index is 691. The first kappa shape index (κ1) is 18.5.